The normalized spacial score (nSPS) is 20.1. The first kappa shape index (κ1) is 28.1. The van der Waals surface area contributed by atoms with Gasteiger partial charge in [-0.1, -0.05) is 32.3 Å². The molecule has 0 aliphatic carbocycles. The Hall–Kier alpha value is -2.93. The highest BCUT2D eigenvalue weighted by Gasteiger charge is 2.33. The highest BCUT2D eigenvalue weighted by atomic mass is 16.5. The number of rotatable bonds is 13. The van der Waals surface area contributed by atoms with Gasteiger partial charge in [-0.2, -0.15) is 0 Å². The maximum atomic E-state index is 11.3. The molecule has 0 aromatic heterocycles. The number of carboxylic acid groups (broad SMARTS) is 1. The van der Waals surface area contributed by atoms with E-state index in [2.05, 4.69) is 34.9 Å². The molecule has 4 rings (SSSR count). The molecule has 2 aliphatic heterocycles. The first-order valence-corrected chi connectivity index (χ1v) is 14.2. The minimum Gasteiger partial charge on any atom is -0.497 e. The third-order valence-electron chi connectivity index (χ3n) is 7.97. The first-order valence-electron chi connectivity index (χ1n) is 14.2. The molecule has 38 heavy (non-hydrogen) atoms. The van der Waals surface area contributed by atoms with E-state index in [4.69, 9.17) is 14.2 Å². The summed E-state index contributed by atoms with van der Waals surface area (Å²) in [7, 11) is 3.42. The summed E-state index contributed by atoms with van der Waals surface area (Å²) in [6.07, 6.45) is 9.18. The van der Waals surface area contributed by atoms with Crippen molar-refractivity contribution in [2.45, 2.75) is 83.0 Å². The third-order valence-corrected chi connectivity index (χ3v) is 7.97. The molecule has 208 valence electrons. The minimum absolute atomic E-state index is 0.0540. The maximum absolute atomic E-state index is 11.3. The number of carbonyl (C=O) groups is 1. The lowest BCUT2D eigenvalue weighted by atomic mass is 10.0. The van der Waals surface area contributed by atoms with Crippen molar-refractivity contribution in [1.29, 1.82) is 0 Å². The Labute approximate surface area is 227 Å². The van der Waals surface area contributed by atoms with E-state index in [0.29, 0.717) is 6.54 Å². The van der Waals surface area contributed by atoms with Crippen molar-refractivity contribution in [2.75, 3.05) is 43.7 Å². The zero-order valence-corrected chi connectivity index (χ0v) is 23.2. The van der Waals surface area contributed by atoms with Crippen molar-refractivity contribution in [2.24, 2.45) is 0 Å². The van der Waals surface area contributed by atoms with Crippen LogP contribution in [0.5, 0.6) is 11.5 Å². The van der Waals surface area contributed by atoms with Crippen molar-refractivity contribution in [3.63, 3.8) is 0 Å². The van der Waals surface area contributed by atoms with Crippen LogP contribution in [-0.2, 0) is 16.0 Å². The van der Waals surface area contributed by atoms with Crippen LogP contribution in [0.2, 0.25) is 0 Å². The molecule has 0 radical (unpaired) electrons. The van der Waals surface area contributed by atoms with Crippen LogP contribution in [0.3, 0.4) is 0 Å². The van der Waals surface area contributed by atoms with Crippen LogP contribution in [0.25, 0.3) is 0 Å². The molecule has 2 aromatic carbocycles. The summed E-state index contributed by atoms with van der Waals surface area (Å²) in [6, 6.07) is 14.6. The summed E-state index contributed by atoms with van der Waals surface area (Å²) in [4.78, 5) is 16.0. The number of hydrogen-bond donors (Lipinski definition) is 1. The van der Waals surface area contributed by atoms with Gasteiger partial charge in [0.05, 0.1) is 19.6 Å². The Morgan fingerprint density at radius 3 is 2.37 bits per heavy atom. The second-order valence-corrected chi connectivity index (χ2v) is 10.6. The Morgan fingerprint density at radius 2 is 1.71 bits per heavy atom. The van der Waals surface area contributed by atoms with Gasteiger partial charge in [0.1, 0.15) is 17.6 Å². The molecule has 0 unspecified atom stereocenters. The van der Waals surface area contributed by atoms with Gasteiger partial charge >= 0.3 is 5.97 Å². The minimum atomic E-state index is -0.777. The number of aryl methyl sites for hydroxylation is 1. The summed E-state index contributed by atoms with van der Waals surface area (Å²) < 4.78 is 17.4. The topological polar surface area (TPSA) is 71.5 Å². The molecule has 2 aromatic rings. The fourth-order valence-electron chi connectivity index (χ4n) is 5.80. The highest BCUT2D eigenvalue weighted by Crippen LogP contribution is 2.33. The van der Waals surface area contributed by atoms with E-state index >= 15 is 0 Å². The molecule has 2 atom stereocenters. The number of carboxylic acids is 1. The Morgan fingerprint density at radius 1 is 0.974 bits per heavy atom. The van der Waals surface area contributed by atoms with Gasteiger partial charge in [0.25, 0.3) is 0 Å². The summed E-state index contributed by atoms with van der Waals surface area (Å²) in [5.74, 6) is 0.999. The van der Waals surface area contributed by atoms with Crippen LogP contribution in [0, 0.1) is 0 Å². The number of hydrogen-bond acceptors (Lipinski definition) is 6. The number of benzene rings is 2. The van der Waals surface area contributed by atoms with Crippen molar-refractivity contribution >= 4 is 17.3 Å². The van der Waals surface area contributed by atoms with Gasteiger partial charge in [-0.25, -0.2) is 0 Å². The van der Waals surface area contributed by atoms with E-state index in [-0.39, 0.29) is 24.7 Å². The molecule has 2 saturated heterocycles. The molecule has 0 spiro atoms. The number of aliphatic carboxylic acids is 1. The maximum Gasteiger partial charge on any atom is 0.305 e. The molecule has 2 fully saturated rings. The Kier molecular flexibility index (Phi) is 10.2. The Bertz CT molecular complexity index is 1020. The second kappa shape index (κ2) is 13.7. The predicted molar refractivity (Wildman–Crippen MR) is 152 cm³/mol. The molecule has 2 heterocycles. The van der Waals surface area contributed by atoms with Crippen LogP contribution in [0.1, 0.15) is 63.9 Å². The Balaban J connectivity index is 1.33. The number of ether oxygens (including phenoxy) is 3. The average molecular weight is 525 g/mol. The first-order chi connectivity index (χ1) is 18.5. The lowest BCUT2D eigenvalue weighted by Gasteiger charge is -2.35. The van der Waals surface area contributed by atoms with E-state index in [1.165, 1.54) is 36.9 Å². The van der Waals surface area contributed by atoms with Crippen molar-refractivity contribution in [3.05, 3.63) is 48.0 Å². The van der Waals surface area contributed by atoms with Gasteiger partial charge in [0.2, 0.25) is 0 Å². The number of nitrogens with zero attached hydrogens (tertiary/aromatic N) is 2. The van der Waals surface area contributed by atoms with Crippen LogP contribution in [0.4, 0.5) is 11.4 Å². The molecule has 0 saturated carbocycles. The van der Waals surface area contributed by atoms with Crippen molar-refractivity contribution < 1.29 is 24.1 Å². The molecular weight excluding hydrogens is 480 g/mol. The fraction of sp³-hybridized carbons (Fsp3) is 0.581. The molecule has 2 aliphatic rings. The number of methoxy groups -OCH3 is 2. The summed E-state index contributed by atoms with van der Waals surface area (Å²) in [6.45, 7) is 4.88. The summed E-state index contributed by atoms with van der Waals surface area (Å²) >= 11 is 0. The average Bonchev–Trinajstić information content (AvgIpc) is 3.34. The predicted octanol–water partition coefficient (Wildman–Crippen LogP) is 5.93. The van der Waals surface area contributed by atoms with Crippen molar-refractivity contribution in [3.8, 4) is 11.5 Å². The van der Waals surface area contributed by atoms with E-state index in [9.17, 15) is 9.90 Å². The van der Waals surface area contributed by atoms with Crippen LogP contribution in [-0.4, -0.2) is 63.2 Å². The number of anilines is 2. The van der Waals surface area contributed by atoms with E-state index in [1.807, 2.05) is 24.3 Å². The van der Waals surface area contributed by atoms with E-state index in [0.717, 1.165) is 56.0 Å². The molecule has 0 bridgehead atoms. The monoisotopic (exact) mass is 524 g/mol. The number of unbranched alkanes of at least 4 members (excludes halogenated alkanes) is 3. The smallest absolute Gasteiger partial charge is 0.305 e. The number of piperidine rings is 1. The van der Waals surface area contributed by atoms with Gasteiger partial charge in [-0.05, 0) is 55.2 Å². The summed E-state index contributed by atoms with van der Waals surface area (Å²) in [5, 5.41) is 9.32. The van der Waals surface area contributed by atoms with Gasteiger partial charge < -0.3 is 29.1 Å². The summed E-state index contributed by atoms with van der Waals surface area (Å²) in [5.41, 5.74) is 3.73. The lowest BCUT2D eigenvalue weighted by Crippen LogP contribution is -2.38. The largest absolute Gasteiger partial charge is 0.497 e. The van der Waals surface area contributed by atoms with Crippen LogP contribution >= 0.6 is 0 Å². The molecule has 7 nitrogen and oxygen atoms in total. The molecular formula is C31H44N2O5. The molecule has 7 heteroatoms. The van der Waals surface area contributed by atoms with Crippen molar-refractivity contribution in [1.82, 2.24) is 0 Å². The van der Waals surface area contributed by atoms with E-state index in [1.54, 1.807) is 14.2 Å². The SMILES string of the molecule is CCCCCCc1ccc(OC)cc1N1CCC(Oc2ccc(N3C[C@H](OC)C[C@@H]3CC(=O)O)cc2)CC1. The van der Waals surface area contributed by atoms with Crippen LogP contribution < -0.4 is 19.3 Å². The van der Waals surface area contributed by atoms with Gasteiger partial charge in [-0.15, -0.1) is 0 Å². The third kappa shape index (κ3) is 7.34. The van der Waals surface area contributed by atoms with Gasteiger partial charge in [0, 0.05) is 63.1 Å². The lowest BCUT2D eigenvalue weighted by molar-refractivity contribution is -0.137. The quantitative estimate of drug-likeness (QED) is 0.326. The second-order valence-electron chi connectivity index (χ2n) is 10.6. The molecule has 0 amide bonds. The van der Waals surface area contributed by atoms with Gasteiger partial charge in [-0.3, -0.25) is 4.79 Å². The zero-order valence-electron chi connectivity index (χ0n) is 23.2. The zero-order chi connectivity index (χ0) is 26.9. The van der Waals surface area contributed by atoms with Gasteiger partial charge in [0.15, 0.2) is 0 Å². The van der Waals surface area contributed by atoms with E-state index < -0.39 is 5.97 Å². The standard InChI is InChI=1S/C31H44N2O5/c1-4-5-6-7-8-23-9-12-28(36-2)21-30(23)32-17-15-27(16-18-32)38-26-13-10-24(11-14-26)33-22-29(37-3)19-25(33)20-31(34)35/h9-14,21,25,27,29H,4-8,15-20,22H2,1-3H3,(H,34,35)/t25-,29-/m1/s1. The molecule has 1 N–H and O–H groups in total. The fourth-order valence-corrected chi connectivity index (χ4v) is 5.80. The highest BCUT2D eigenvalue weighted by molar-refractivity contribution is 5.69. The van der Waals surface area contributed by atoms with Crippen LogP contribution in [0.15, 0.2) is 42.5 Å².